The first kappa shape index (κ1) is 12.9. The molecule has 1 amide bonds. The number of carbonyl (C=O) groups excluding carboxylic acids is 1. The second kappa shape index (κ2) is 5.24. The van der Waals surface area contributed by atoms with E-state index in [0.29, 0.717) is 32.6 Å². The first-order chi connectivity index (χ1) is 7.53. The number of ether oxygens (including phenoxy) is 1. The Morgan fingerprint density at radius 2 is 2.12 bits per heavy atom. The fourth-order valence-corrected chi connectivity index (χ4v) is 1.75. The van der Waals surface area contributed by atoms with Crippen LogP contribution in [0.15, 0.2) is 0 Å². The number of carbonyl (C=O) groups is 2. The number of hydrogen-bond acceptors (Lipinski definition) is 5. The molecule has 16 heavy (non-hydrogen) atoms. The molecule has 2 atom stereocenters. The molecular weight excluding hydrogens is 216 g/mol. The molecule has 1 heterocycles. The maximum atomic E-state index is 11.1. The van der Waals surface area contributed by atoms with Gasteiger partial charge in [-0.3, -0.25) is 15.0 Å². The lowest BCUT2D eigenvalue weighted by atomic mass is 10.0. The number of nitrogens with one attached hydrogen (secondary N) is 1. The van der Waals surface area contributed by atoms with Crippen molar-refractivity contribution >= 4 is 12.4 Å². The van der Waals surface area contributed by atoms with Gasteiger partial charge in [0.25, 0.3) is 0 Å². The third-order valence-corrected chi connectivity index (χ3v) is 2.66. The lowest BCUT2D eigenvalue weighted by Crippen LogP contribution is -2.69. The Morgan fingerprint density at radius 3 is 2.50 bits per heavy atom. The van der Waals surface area contributed by atoms with Crippen molar-refractivity contribution < 1.29 is 24.5 Å². The van der Waals surface area contributed by atoms with Crippen LogP contribution in [0.2, 0.25) is 0 Å². The monoisotopic (exact) mass is 232 g/mol. The molecule has 0 aliphatic carbocycles. The Labute approximate surface area is 93.0 Å². The maximum absolute atomic E-state index is 11.1. The van der Waals surface area contributed by atoms with Gasteiger partial charge in [-0.2, -0.15) is 0 Å². The largest absolute Gasteiger partial charge is 0.465 e. The topological polar surface area (TPSA) is 99.1 Å². The molecule has 0 aromatic heterocycles. The molecule has 0 spiro atoms. The summed E-state index contributed by atoms with van der Waals surface area (Å²) in [5, 5.41) is 20.4. The van der Waals surface area contributed by atoms with Crippen LogP contribution in [0.3, 0.4) is 0 Å². The van der Waals surface area contributed by atoms with E-state index in [1.54, 1.807) is 4.90 Å². The van der Waals surface area contributed by atoms with Crippen molar-refractivity contribution in [3.8, 4) is 0 Å². The number of morpholine rings is 1. The van der Waals surface area contributed by atoms with E-state index in [2.05, 4.69) is 5.32 Å². The van der Waals surface area contributed by atoms with Crippen LogP contribution < -0.4 is 5.32 Å². The molecular formula is C9H16N2O5. The van der Waals surface area contributed by atoms with Gasteiger partial charge in [0.15, 0.2) is 11.9 Å². The fourth-order valence-electron chi connectivity index (χ4n) is 1.75. The lowest BCUT2D eigenvalue weighted by Gasteiger charge is -2.43. The van der Waals surface area contributed by atoms with Gasteiger partial charge < -0.3 is 14.9 Å². The second-order valence-corrected chi connectivity index (χ2v) is 3.65. The van der Waals surface area contributed by atoms with Gasteiger partial charge in [0.2, 0.25) is 0 Å². The number of hydrogen-bond donors (Lipinski definition) is 3. The van der Waals surface area contributed by atoms with Gasteiger partial charge >= 0.3 is 6.09 Å². The second-order valence-electron chi connectivity index (χ2n) is 3.65. The van der Waals surface area contributed by atoms with Crippen molar-refractivity contribution in [1.29, 1.82) is 0 Å². The number of carboxylic acid groups (broad SMARTS) is 1. The minimum absolute atomic E-state index is 0.393. The molecule has 1 fully saturated rings. The van der Waals surface area contributed by atoms with Crippen molar-refractivity contribution in [2.24, 2.45) is 0 Å². The Kier molecular flexibility index (Phi) is 4.22. The zero-order valence-electron chi connectivity index (χ0n) is 9.05. The van der Waals surface area contributed by atoms with Crippen molar-refractivity contribution in [3.05, 3.63) is 0 Å². The van der Waals surface area contributed by atoms with Gasteiger partial charge in [0.1, 0.15) is 0 Å². The smallest absolute Gasteiger partial charge is 0.406 e. The summed E-state index contributed by atoms with van der Waals surface area (Å²) >= 11 is 0. The van der Waals surface area contributed by atoms with Crippen LogP contribution in [-0.2, 0) is 9.53 Å². The summed E-state index contributed by atoms with van der Waals surface area (Å²) in [5.74, 6) is 0. The van der Waals surface area contributed by atoms with Gasteiger partial charge in [-0.15, -0.1) is 0 Å². The van der Waals surface area contributed by atoms with E-state index in [0.717, 1.165) is 0 Å². The predicted octanol–water partition coefficient (Wildman–Crippen LogP) is -1.14. The highest BCUT2D eigenvalue weighted by Gasteiger charge is 2.43. The van der Waals surface area contributed by atoms with Gasteiger partial charge in [-0.25, -0.2) is 4.79 Å². The molecule has 0 saturated carbocycles. The number of rotatable bonds is 4. The van der Waals surface area contributed by atoms with Crippen LogP contribution in [-0.4, -0.2) is 65.6 Å². The quantitative estimate of drug-likeness (QED) is 0.530. The zero-order valence-corrected chi connectivity index (χ0v) is 9.05. The third kappa shape index (κ3) is 2.49. The summed E-state index contributed by atoms with van der Waals surface area (Å²) in [6, 6.07) is 0. The first-order valence-corrected chi connectivity index (χ1v) is 5.01. The molecule has 0 aromatic carbocycles. The standard InChI is InChI=1S/C9H16N2O5/c1-7(13)9(6-12,10-8(14)15)11-2-4-16-5-3-11/h6-7,10,13H,2-5H2,1H3,(H,14,15)/t7-,9-/m1/s1. The van der Waals surface area contributed by atoms with Gasteiger partial charge in [0.05, 0.1) is 19.3 Å². The normalized spacial score (nSPS) is 23.1. The third-order valence-electron chi connectivity index (χ3n) is 2.66. The van der Waals surface area contributed by atoms with Crippen molar-refractivity contribution in [1.82, 2.24) is 10.2 Å². The Morgan fingerprint density at radius 1 is 1.56 bits per heavy atom. The Hall–Kier alpha value is -1.18. The average Bonchev–Trinajstić information content (AvgIpc) is 2.26. The molecule has 1 saturated heterocycles. The number of aliphatic hydroxyl groups is 1. The molecule has 1 aliphatic heterocycles. The van der Waals surface area contributed by atoms with E-state index in [1.165, 1.54) is 6.92 Å². The van der Waals surface area contributed by atoms with Crippen molar-refractivity contribution in [2.75, 3.05) is 26.3 Å². The van der Waals surface area contributed by atoms with Crippen molar-refractivity contribution in [3.63, 3.8) is 0 Å². The van der Waals surface area contributed by atoms with E-state index < -0.39 is 17.9 Å². The molecule has 0 bridgehead atoms. The summed E-state index contributed by atoms with van der Waals surface area (Å²) in [4.78, 5) is 23.4. The van der Waals surface area contributed by atoms with E-state index in [9.17, 15) is 14.7 Å². The summed E-state index contributed by atoms with van der Waals surface area (Å²) < 4.78 is 5.11. The summed E-state index contributed by atoms with van der Waals surface area (Å²) in [6.07, 6.45) is -2.06. The van der Waals surface area contributed by atoms with E-state index >= 15 is 0 Å². The van der Waals surface area contributed by atoms with Crippen LogP contribution >= 0.6 is 0 Å². The van der Waals surface area contributed by atoms with E-state index in [-0.39, 0.29) is 0 Å². The first-order valence-electron chi connectivity index (χ1n) is 5.01. The highest BCUT2D eigenvalue weighted by molar-refractivity contribution is 5.75. The molecule has 1 rings (SSSR count). The van der Waals surface area contributed by atoms with Gasteiger partial charge in [-0.1, -0.05) is 0 Å². The van der Waals surface area contributed by atoms with Crippen LogP contribution in [0.25, 0.3) is 0 Å². The van der Waals surface area contributed by atoms with Crippen LogP contribution in [0.4, 0.5) is 4.79 Å². The molecule has 0 unspecified atom stereocenters. The molecule has 7 heteroatoms. The molecule has 0 aromatic rings. The molecule has 7 nitrogen and oxygen atoms in total. The highest BCUT2D eigenvalue weighted by atomic mass is 16.5. The van der Waals surface area contributed by atoms with E-state index in [4.69, 9.17) is 9.84 Å². The molecule has 1 aliphatic rings. The zero-order chi connectivity index (χ0) is 12.2. The molecule has 0 radical (unpaired) electrons. The van der Waals surface area contributed by atoms with Crippen LogP contribution in [0.5, 0.6) is 0 Å². The highest BCUT2D eigenvalue weighted by Crippen LogP contribution is 2.16. The molecule has 3 N–H and O–H groups in total. The Bertz CT molecular complexity index is 265. The average molecular weight is 232 g/mol. The predicted molar refractivity (Wildman–Crippen MR) is 54.0 cm³/mol. The van der Waals surface area contributed by atoms with Crippen molar-refractivity contribution in [2.45, 2.75) is 18.7 Å². The lowest BCUT2D eigenvalue weighted by molar-refractivity contribution is -0.135. The number of aliphatic hydroxyl groups excluding tert-OH is 1. The molecule has 92 valence electrons. The maximum Gasteiger partial charge on any atom is 0.406 e. The number of nitrogens with zero attached hydrogens (tertiary/aromatic N) is 1. The van der Waals surface area contributed by atoms with Crippen LogP contribution in [0, 0.1) is 0 Å². The van der Waals surface area contributed by atoms with E-state index in [1.807, 2.05) is 0 Å². The summed E-state index contributed by atoms with van der Waals surface area (Å²) in [6.45, 7) is 2.97. The SMILES string of the molecule is C[C@@H](O)[C@](C=O)(NC(=O)O)N1CCOCC1. The summed E-state index contributed by atoms with van der Waals surface area (Å²) in [7, 11) is 0. The Balaban J connectivity index is 2.90. The fraction of sp³-hybridized carbons (Fsp3) is 0.778. The van der Waals surface area contributed by atoms with Gasteiger partial charge in [0, 0.05) is 13.1 Å². The van der Waals surface area contributed by atoms with Gasteiger partial charge in [-0.05, 0) is 6.92 Å². The number of aldehydes is 1. The minimum atomic E-state index is -1.59. The van der Waals surface area contributed by atoms with Crippen LogP contribution in [0.1, 0.15) is 6.92 Å². The minimum Gasteiger partial charge on any atom is -0.465 e. The summed E-state index contributed by atoms with van der Waals surface area (Å²) in [5.41, 5.74) is -1.59. The number of amides is 1.